The number of thioether (sulfide) groups is 1. The second kappa shape index (κ2) is 6.56. The number of rotatable bonds is 4. The maximum absolute atomic E-state index is 9.07. The molecule has 0 aliphatic carbocycles. The molecule has 0 aromatic heterocycles. The molecule has 3 nitrogen and oxygen atoms in total. The van der Waals surface area contributed by atoms with Crippen LogP contribution in [0.1, 0.15) is 11.1 Å². The lowest BCUT2D eigenvalue weighted by Gasteiger charge is -2.08. The van der Waals surface area contributed by atoms with Crippen molar-refractivity contribution in [2.24, 2.45) is 0 Å². The molecule has 0 aliphatic heterocycles. The lowest BCUT2D eigenvalue weighted by Crippen LogP contribution is -1.91. The summed E-state index contributed by atoms with van der Waals surface area (Å²) in [5.74, 6) is 1.30. The summed E-state index contributed by atoms with van der Waals surface area (Å²) in [5, 5.41) is 9.73. The van der Waals surface area contributed by atoms with Crippen molar-refractivity contribution in [3.8, 4) is 11.8 Å². The highest BCUT2D eigenvalue weighted by Gasteiger charge is 2.06. The lowest BCUT2D eigenvalue weighted by molar-refractivity contribution is 0.413. The molecule has 0 bridgehead atoms. The van der Waals surface area contributed by atoms with Crippen molar-refractivity contribution in [2.45, 2.75) is 10.6 Å². The number of anilines is 1. The molecular formula is C15H13ClN2OS. The average Bonchev–Trinajstić information content (AvgIpc) is 2.47. The minimum atomic E-state index is 0.532. The average molecular weight is 305 g/mol. The molecule has 102 valence electrons. The first kappa shape index (κ1) is 14.6. The minimum Gasteiger partial charge on any atom is -0.495 e. The van der Waals surface area contributed by atoms with Gasteiger partial charge in [-0.05, 0) is 35.9 Å². The monoisotopic (exact) mass is 304 g/mol. The number of hydrogen-bond acceptors (Lipinski definition) is 4. The Morgan fingerprint density at radius 1 is 1.30 bits per heavy atom. The Kier molecular flexibility index (Phi) is 4.78. The van der Waals surface area contributed by atoms with Crippen LogP contribution in [0.3, 0.4) is 0 Å². The van der Waals surface area contributed by atoms with Crippen molar-refractivity contribution in [1.82, 2.24) is 0 Å². The number of nitrogens with two attached hydrogens (primary N) is 1. The van der Waals surface area contributed by atoms with Gasteiger partial charge in [-0.25, -0.2) is 0 Å². The van der Waals surface area contributed by atoms with E-state index in [0.717, 1.165) is 10.5 Å². The lowest BCUT2D eigenvalue weighted by atomic mass is 10.1. The Labute approximate surface area is 127 Å². The van der Waals surface area contributed by atoms with Gasteiger partial charge in [0.2, 0.25) is 0 Å². The number of nitrogens with zero attached hydrogens (tertiary/aromatic N) is 1. The van der Waals surface area contributed by atoms with Crippen LogP contribution in [0.5, 0.6) is 5.75 Å². The standard InChI is InChI=1S/C15H13ClN2OS/c1-19-14-5-2-10(6-11(14)8-17)9-20-15-7-12(16)3-4-13(15)18/h2-7H,9,18H2,1H3. The highest BCUT2D eigenvalue weighted by Crippen LogP contribution is 2.31. The molecular weight excluding hydrogens is 292 g/mol. The Balaban J connectivity index is 2.15. The zero-order valence-corrected chi connectivity index (χ0v) is 12.5. The van der Waals surface area contributed by atoms with Crippen molar-refractivity contribution in [3.05, 3.63) is 52.5 Å². The van der Waals surface area contributed by atoms with Crippen molar-refractivity contribution in [1.29, 1.82) is 5.26 Å². The Bertz CT molecular complexity index is 667. The molecule has 0 radical (unpaired) electrons. The van der Waals surface area contributed by atoms with Crippen LogP contribution < -0.4 is 10.5 Å². The first-order valence-electron chi connectivity index (χ1n) is 5.89. The topological polar surface area (TPSA) is 59.0 Å². The molecule has 2 rings (SSSR count). The van der Waals surface area contributed by atoms with Crippen LogP contribution in [-0.2, 0) is 5.75 Å². The Hall–Kier alpha value is -1.83. The van der Waals surface area contributed by atoms with E-state index in [0.29, 0.717) is 27.8 Å². The van der Waals surface area contributed by atoms with E-state index in [1.807, 2.05) is 18.2 Å². The zero-order valence-electron chi connectivity index (χ0n) is 10.9. The van der Waals surface area contributed by atoms with E-state index in [1.54, 1.807) is 37.1 Å². The van der Waals surface area contributed by atoms with Gasteiger partial charge >= 0.3 is 0 Å². The molecule has 5 heteroatoms. The summed E-state index contributed by atoms with van der Waals surface area (Å²) in [4.78, 5) is 0.937. The number of ether oxygens (including phenoxy) is 1. The summed E-state index contributed by atoms with van der Waals surface area (Å²) in [6.07, 6.45) is 0. The molecule has 0 atom stereocenters. The third-order valence-corrected chi connectivity index (χ3v) is 4.13. The van der Waals surface area contributed by atoms with Gasteiger partial charge in [-0.15, -0.1) is 11.8 Å². The molecule has 0 unspecified atom stereocenters. The van der Waals surface area contributed by atoms with Gasteiger partial charge in [0.05, 0.1) is 12.7 Å². The van der Waals surface area contributed by atoms with Crippen molar-refractivity contribution in [3.63, 3.8) is 0 Å². The van der Waals surface area contributed by atoms with Gasteiger partial charge < -0.3 is 10.5 Å². The first-order valence-corrected chi connectivity index (χ1v) is 7.25. The van der Waals surface area contributed by atoms with Crippen LogP contribution in [0.25, 0.3) is 0 Å². The minimum absolute atomic E-state index is 0.532. The molecule has 0 saturated heterocycles. The van der Waals surface area contributed by atoms with Crippen LogP contribution >= 0.6 is 23.4 Å². The number of benzene rings is 2. The van der Waals surface area contributed by atoms with Gasteiger partial charge in [-0.3, -0.25) is 0 Å². The van der Waals surface area contributed by atoms with Crippen LogP contribution in [0.2, 0.25) is 5.02 Å². The van der Waals surface area contributed by atoms with Crippen molar-refractivity contribution in [2.75, 3.05) is 12.8 Å². The highest BCUT2D eigenvalue weighted by atomic mass is 35.5. The van der Waals surface area contributed by atoms with Crippen LogP contribution in [0.4, 0.5) is 5.69 Å². The molecule has 0 heterocycles. The summed E-state index contributed by atoms with van der Waals surface area (Å²) < 4.78 is 5.12. The van der Waals surface area contributed by atoms with Crippen molar-refractivity contribution >= 4 is 29.1 Å². The third-order valence-electron chi connectivity index (χ3n) is 2.75. The van der Waals surface area contributed by atoms with E-state index in [4.69, 9.17) is 27.3 Å². The third kappa shape index (κ3) is 3.38. The smallest absolute Gasteiger partial charge is 0.136 e. The van der Waals surface area contributed by atoms with Gasteiger partial charge in [0, 0.05) is 21.4 Å². The molecule has 2 aromatic rings. The molecule has 2 N–H and O–H groups in total. The first-order chi connectivity index (χ1) is 9.63. The van der Waals surface area contributed by atoms with Gasteiger partial charge in [0.1, 0.15) is 11.8 Å². The molecule has 2 aromatic carbocycles. The summed E-state index contributed by atoms with van der Waals surface area (Å²) in [6.45, 7) is 0. The highest BCUT2D eigenvalue weighted by molar-refractivity contribution is 7.98. The summed E-state index contributed by atoms with van der Waals surface area (Å²) >= 11 is 7.54. The summed E-state index contributed by atoms with van der Waals surface area (Å²) in [7, 11) is 1.55. The number of hydrogen-bond donors (Lipinski definition) is 1. The summed E-state index contributed by atoms with van der Waals surface area (Å²) in [5.41, 5.74) is 8.17. The summed E-state index contributed by atoms with van der Waals surface area (Å²) in [6, 6.07) is 13.1. The van der Waals surface area contributed by atoms with Gasteiger partial charge in [0.25, 0.3) is 0 Å². The Morgan fingerprint density at radius 2 is 2.10 bits per heavy atom. The number of nitrogen functional groups attached to an aromatic ring is 1. The number of methoxy groups -OCH3 is 1. The molecule has 0 saturated carbocycles. The van der Waals surface area contributed by atoms with Gasteiger partial charge in [-0.1, -0.05) is 17.7 Å². The van der Waals surface area contributed by atoms with Crippen LogP contribution in [0.15, 0.2) is 41.3 Å². The number of halogens is 1. The zero-order chi connectivity index (χ0) is 14.5. The fourth-order valence-corrected chi connectivity index (χ4v) is 2.91. The molecule has 0 amide bonds. The van der Waals surface area contributed by atoms with Crippen molar-refractivity contribution < 1.29 is 4.74 Å². The maximum atomic E-state index is 9.07. The van der Waals surface area contributed by atoms with Gasteiger partial charge in [-0.2, -0.15) is 5.26 Å². The van der Waals surface area contributed by atoms with E-state index in [9.17, 15) is 0 Å². The molecule has 0 spiro atoms. The van der Waals surface area contributed by atoms with E-state index < -0.39 is 0 Å². The predicted molar refractivity (Wildman–Crippen MR) is 83.1 cm³/mol. The molecule has 20 heavy (non-hydrogen) atoms. The second-order valence-electron chi connectivity index (χ2n) is 4.12. The quantitative estimate of drug-likeness (QED) is 0.682. The molecule has 0 aliphatic rings. The molecule has 0 fully saturated rings. The van der Waals surface area contributed by atoms with E-state index in [-0.39, 0.29) is 0 Å². The van der Waals surface area contributed by atoms with E-state index in [1.165, 1.54) is 0 Å². The van der Waals surface area contributed by atoms with Crippen LogP contribution in [-0.4, -0.2) is 7.11 Å². The predicted octanol–water partition coefficient (Wildman–Crippen LogP) is 4.09. The fourth-order valence-electron chi connectivity index (χ4n) is 1.73. The fraction of sp³-hybridized carbons (Fsp3) is 0.133. The van der Waals surface area contributed by atoms with Crippen LogP contribution in [0, 0.1) is 11.3 Å². The maximum Gasteiger partial charge on any atom is 0.136 e. The van der Waals surface area contributed by atoms with E-state index in [2.05, 4.69) is 6.07 Å². The van der Waals surface area contributed by atoms with Gasteiger partial charge in [0.15, 0.2) is 0 Å². The second-order valence-corrected chi connectivity index (χ2v) is 5.57. The normalized spacial score (nSPS) is 10.1. The number of nitriles is 1. The SMILES string of the molecule is COc1ccc(CSc2cc(Cl)ccc2N)cc1C#N. The Morgan fingerprint density at radius 3 is 2.80 bits per heavy atom. The van der Waals surface area contributed by atoms with E-state index >= 15 is 0 Å². The largest absolute Gasteiger partial charge is 0.495 e.